The fraction of sp³-hybridized carbons (Fsp3) is 0.190. The van der Waals surface area contributed by atoms with Crippen LogP contribution in [0.5, 0.6) is 0 Å². The summed E-state index contributed by atoms with van der Waals surface area (Å²) in [4.78, 5) is 33.7. The van der Waals surface area contributed by atoms with E-state index < -0.39 is 17.7 Å². The second-order valence-corrected chi connectivity index (χ2v) is 6.62. The van der Waals surface area contributed by atoms with Crippen LogP contribution < -0.4 is 0 Å². The number of aromatic amines is 1. The summed E-state index contributed by atoms with van der Waals surface area (Å²) in [5.74, 6) is -1.30. The normalized spacial score (nSPS) is 17.1. The molecule has 1 amide bonds. The van der Waals surface area contributed by atoms with Crippen molar-refractivity contribution in [3.63, 3.8) is 0 Å². The van der Waals surface area contributed by atoms with Gasteiger partial charge < -0.3 is 15.0 Å². The molecular formula is C21H19N3O3. The van der Waals surface area contributed by atoms with Crippen LogP contribution in [0.15, 0.2) is 66.3 Å². The molecule has 6 nitrogen and oxygen atoms in total. The number of Topliss-reactive ketones (excluding diaryl/α,β-unsaturated/α-hetero) is 1. The number of ketones is 1. The smallest absolute Gasteiger partial charge is 0.290 e. The number of H-pyrrole nitrogens is 1. The molecule has 0 aliphatic carbocycles. The van der Waals surface area contributed by atoms with Crippen molar-refractivity contribution in [2.75, 3.05) is 6.54 Å². The Labute approximate surface area is 156 Å². The third kappa shape index (κ3) is 2.89. The number of carbonyl (C=O) groups is 2. The molecule has 2 aromatic heterocycles. The Balaban J connectivity index is 1.66. The molecule has 1 atom stereocenters. The van der Waals surface area contributed by atoms with Crippen molar-refractivity contribution in [3.05, 3.63) is 77.4 Å². The number of amides is 1. The third-order valence-corrected chi connectivity index (χ3v) is 4.98. The zero-order valence-corrected chi connectivity index (χ0v) is 14.8. The number of benzene rings is 1. The number of aliphatic hydroxyl groups is 1. The number of fused-ring (bicyclic) bond motifs is 1. The Morgan fingerprint density at radius 2 is 2.07 bits per heavy atom. The van der Waals surface area contributed by atoms with Crippen molar-refractivity contribution in [2.45, 2.75) is 19.4 Å². The van der Waals surface area contributed by atoms with E-state index in [9.17, 15) is 14.7 Å². The van der Waals surface area contributed by atoms with E-state index >= 15 is 0 Å². The Morgan fingerprint density at radius 1 is 1.26 bits per heavy atom. The number of nitrogens with one attached hydrogen (secondary N) is 1. The molecule has 6 heteroatoms. The van der Waals surface area contributed by atoms with Crippen molar-refractivity contribution >= 4 is 22.6 Å². The number of nitrogens with zero attached hydrogens (tertiary/aromatic N) is 2. The van der Waals surface area contributed by atoms with E-state index in [0.29, 0.717) is 18.5 Å². The molecule has 2 N–H and O–H groups in total. The van der Waals surface area contributed by atoms with E-state index in [4.69, 9.17) is 0 Å². The second-order valence-electron chi connectivity index (χ2n) is 6.62. The van der Waals surface area contributed by atoms with Crippen molar-refractivity contribution < 1.29 is 14.7 Å². The van der Waals surface area contributed by atoms with E-state index in [1.54, 1.807) is 23.4 Å². The summed E-state index contributed by atoms with van der Waals surface area (Å²) in [6.07, 6.45) is 5.79. The maximum Gasteiger partial charge on any atom is 0.290 e. The molecule has 0 saturated heterocycles. The molecule has 136 valence electrons. The summed E-state index contributed by atoms with van der Waals surface area (Å²) in [7, 11) is 0. The summed E-state index contributed by atoms with van der Waals surface area (Å²) in [5, 5.41) is 11.4. The van der Waals surface area contributed by atoms with E-state index in [0.717, 1.165) is 16.5 Å². The van der Waals surface area contributed by atoms with Crippen molar-refractivity contribution in [1.29, 1.82) is 0 Å². The molecule has 0 radical (unpaired) electrons. The SMILES string of the molecule is CC(=O)C1=C(O)C(=O)N(CCc2c[nH]c3ccccc23)[C@@H]1c1cccnc1. The number of aliphatic hydroxyl groups excluding tert-OH is 1. The maximum absolute atomic E-state index is 12.7. The molecule has 27 heavy (non-hydrogen) atoms. The summed E-state index contributed by atoms with van der Waals surface area (Å²) >= 11 is 0. The lowest BCUT2D eigenvalue weighted by molar-refractivity contribution is -0.129. The number of aromatic nitrogens is 2. The molecule has 1 aromatic carbocycles. The molecule has 0 bridgehead atoms. The fourth-order valence-electron chi connectivity index (χ4n) is 3.71. The molecule has 0 saturated carbocycles. The highest BCUT2D eigenvalue weighted by atomic mass is 16.3. The highest BCUT2D eigenvalue weighted by Gasteiger charge is 2.42. The molecule has 3 aromatic rings. The number of hydrogen-bond acceptors (Lipinski definition) is 4. The standard InChI is InChI=1S/C21H19N3O3/c1-13(25)18-19(15-5-4-9-22-11-15)24(21(27)20(18)26)10-8-14-12-23-17-7-3-2-6-16(14)17/h2-7,9,11-12,19,23,26H,8,10H2,1H3/t19-/m1/s1. The van der Waals surface area contributed by atoms with E-state index in [2.05, 4.69) is 9.97 Å². The molecule has 3 heterocycles. The zero-order chi connectivity index (χ0) is 19.0. The highest BCUT2D eigenvalue weighted by molar-refractivity contribution is 6.08. The quantitative estimate of drug-likeness (QED) is 0.731. The summed E-state index contributed by atoms with van der Waals surface area (Å²) in [5.41, 5.74) is 2.96. The fourth-order valence-corrected chi connectivity index (χ4v) is 3.71. The maximum atomic E-state index is 12.7. The Morgan fingerprint density at radius 3 is 2.81 bits per heavy atom. The summed E-state index contributed by atoms with van der Waals surface area (Å²) in [6, 6.07) is 10.9. The summed E-state index contributed by atoms with van der Waals surface area (Å²) in [6.45, 7) is 1.74. The van der Waals surface area contributed by atoms with Gasteiger partial charge in [0.25, 0.3) is 5.91 Å². The lowest BCUT2D eigenvalue weighted by atomic mass is 9.98. The van der Waals surface area contributed by atoms with Gasteiger partial charge in [-0.25, -0.2) is 0 Å². The van der Waals surface area contributed by atoms with Gasteiger partial charge >= 0.3 is 0 Å². The van der Waals surface area contributed by atoms with Crippen LogP contribution in [0.1, 0.15) is 24.1 Å². The number of rotatable bonds is 5. The topological polar surface area (TPSA) is 86.3 Å². The van der Waals surface area contributed by atoms with Gasteiger partial charge in [0.2, 0.25) is 0 Å². The van der Waals surface area contributed by atoms with Gasteiger partial charge in [0.15, 0.2) is 11.5 Å². The molecule has 1 aliphatic heterocycles. The first kappa shape index (κ1) is 17.0. The van der Waals surface area contributed by atoms with Crippen LogP contribution in [0.2, 0.25) is 0 Å². The van der Waals surface area contributed by atoms with Crippen LogP contribution in [0.3, 0.4) is 0 Å². The highest BCUT2D eigenvalue weighted by Crippen LogP contribution is 2.37. The first-order chi connectivity index (χ1) is 13.1. The minimum atomic E-state index is -0.617. The lowest BCUT2D eigenvalue weighted by Gasteiger charge is -2.26. The molecule has 0 spiro atoms. The number of para-hydroxylation sites is 1. The number of pyridine rings is 1. The minimum absolute atomic E-state index is 0.131. The van der Waals surface area contributed by atoms with Gasteiger partial charge in [-0.1, -0.05) is 24.3 Å². The molecule has 1 aliphatic rings. The van der Waals surface area contributed by atoms with Crippen molar-refractivity contribution in [1.82, 2.24) is 14.9 Å². The van der Waals surface area contributed by atoms with Crippen molar-refractivity contribution in [3.8, 4) is 0 Å². The first-order valence-corrected chi connectivity index (χ1v) is 8.78. The van der Waals surface area contributed by atoms with Crippen LogP contribution in [0.4, 0.5) is 0 Å². The minimum Gasteiger partial charge on any atom is -0.503 e. The molecule has 4 rings (SSSR count). The average Bonchev–Trinajstić information content (AvgIpc) is 3.20. The predicted octanol–water partition coefficient (Wildman–Crippen LogP) is 3.09. The van der Waals surface area contributed by atoms with Crippen LogP contribution in [0.25, 0.3) is 10.9 Å². The lowest BCUT2D eigenvalue weighted by Crippen LogP contribution is -2.33. The van der Waals surface area contributed by atoms with Crippen LogP contribution >= 0.6 is 0 Å². The molecule has 0 unspecified atom stereocenters. The third-order valence-electron chi connectivity index (χ3n) is 4.98. The van der Waals surface area contributed by atoms with E-state index in [-0.39, 0.29) is 11.4 Å². The number of hydrogen-bond donors (Lipinski definition) is 2. The van der Waals surface area contributed by atoms with Crippen LogP contribution in [-0.4, -0.2) is 38.2 Å². The van der Waals surface area contributed by atoms with Crippen LogP contribution in [-0.2, 0) is 16.0 Å². The van der Waals surface area contributed by atoms with E-state index in [1.807, 2.05) is 36.5 Å². The van der Waals surface area contributed by atoms with Gasteiger partial charge in [-0.15, -0.1) is 0 Å². The van der Waals surface area contributed by atoms with Crippen LogP contribution in [0, 0.1) is 0 Å². The van der Waals surface area contributed by atoms with Gasteiger partial charge in [0.05, 0.1) is 11.6 Å². The zero-order valence-electron chi connectivity index (χ0n) is 14.8. The summed E-state index contributed by atoms with van der Waals surface area (Å²) < 4.78 is 0. The largest absolute Gasteiger partial charge is 0.503 e. The van der Waals surface area contributed by atoms with E-state index in [1.165, 1.54) is 6.92 Å². The Kier molecular flexibility index (Phi) is 4.24. The van der Waals surface area contributed by atoms with Gasteiger partial charge in [-0.3, -0.25) is 14.6 Å². The van der Waals surface area contributed by atoms with Gasteiger partial charge in [0, 0.05) is 36.0 Å². The van der Waals surface area contributed by atoms with Gasteiger partial charge in [-0.05, 0) is 36.6 Å². The van der Waals surface area contributed by atoms with Gasteiger partial charge in [0.1, 0.15) is 0 Å². The second kappa shape index (κ2) is 6.72. The number of carbonyl (C=O) groups excluding carboxylic acids is 2. The Bertz CT molecular complexity index is 1050. The molecular weight excluding hydrogens is 342 g/mol. The predicted molar refractivity (Wildman–Crippen MR) is 101 cm³/mol. The molecule has 0 fully saturated rings. The average molecular weight is 361 g/mol. The van der Waals surface area contributed by atoms with Gasteiger partial charge in [-0.2, -0.15) is 0 Å². The first-order valence-electron chi connectivity index (χ1n) is 8.78. The monoisotopic (exact) mass is 361 g/mol. The Hall–Kier alpha value is -3.41. The van der Waals surface area contributed by atoms with Crippen molar-refractivity contribution in [2.24, 2.45) is 0 Å².